The number of ether oxygens (including phenoxy) is 2. The van der Waals surface area contributed by atoms with Gasteiger partial charge in [-0.15, -0.1) is 0 Å². The van der Waals surface area contributed by atoms with Crippen LogP contribution in [-0.4, -0.2) is 56.8 Å². The van der Waals surface area contributed by atoms with Crippen LogP contribution in [0.1, 0.15) is 28.2 Å². The maximum Gasteiger partial charge on any atom is 0.266 e. The molecule has 248 valence electrons. The summed E-state index contributed by atoms with van der Waals surface area (Å²) in [6.07, 6.45) is 0. The van der Waals surface area contributed by atoms with E-state index >= 15 is 0 Å². The van der Waals surface area contributed by atoms with Gasteiger partial charge in [-0.05, 0) is 72.3 Å². The highest BCUT2D eigenvalue weighted by Crippen LogP contribution is 2.38. The molecule has 1 saturated heterocycles. The van der Waals surface area contributed by atoms with Crippen LogP contribution >= 0.6 is 24.4 Å². The second kappa shape index (κ2) is 13.7. The number of methoxy groups -OCH3 is 1. The highest BCUT2D eigenvalue weighted by Gasteiger charge is 2.32. The zero-order valence-corrected chi connectivity index (χ0v) is 28.3. The molecule has 0 aliphatic carbocycles. The summed E-state index contributed by atoms with van der Waals surface area (Å²) in [6.45, 7) is 3.40. The zero-order valence-electron chi connectivity index (χ0n) is 26.7. The number of benzene rings is 3. The lowest BCUT2D eigenvalue weighted by Crippen LogP contribution is -3.12. The Morgan fingerprint density at radius 3 is 1.96 bits per heavy atom. The molecule has 1 aliphatic rings. The molecule has 5 aromatic rings. The molecule has 1 unspecified atom stereocenters. The molecule has 1 fully saturated rings. The molecule has 0 radical (unpaired) electrons. The molecule has 48 heavy (non-hydrogen) atoms. The first kappa shape index (κ1) is 33.1. The molecule has 1 aliphatic heterocycles. The van der Waals surface area contributed by atoms with Crippen molar-refractivity contribution in [3.8, 4) is 28.9 Å². The maximum atomic E-state index is 14.6. The van der Waals surface area contributed by atoms with Crippen LogP contribution in [0.5, 0.6) is 17.5 Å². The van der Waals surface area contributed by atoms with Crippen molar-refractivity contribution in [1.82, 2.24) is 18.3 Å². The molecule has 1 atom stereocenters. The predicted octanol–water partition coefficient (Wildman–Crippen LogP) is 2.51. The van der Waals surface area contributed by atoms with Gasteiger partial charge in [0.1, 0.15) is 25.4 Å². The van der Waals surface area contributed by atoms with Gasteiger partial charge in [-0.2, -0.15) is 0 Å². The van der Waals surface area contributed by atoms with E-state index in [1.165, 1.54) is 37.3 Å². The number of nitrogens with one attached hydrogen (secondary N) is 1. The minimum atomic E-state index is -1.32. The lowest BCUT2D eigenvalue weighted by Gasteiger charge is -2.29. The van der Waals surface area contributed by atoms with Gasteiger partial charge in [0.15, 0.2) is 9.54 Å². The van der Waals surface area contributed by atoms with Crippen molar-refractivity contribution in [3.05, 3.63) is 131 Å². The van der Waals surface area contributed by atoms with Crippen LogP contribution in [0.25, 0.3) is 11.4 Å². The predicted molar refractivity (Wildman–Crippen MR) is 184 cm³/mol. The quantitative estimate of drug-likeness (QED) is 0.239. The number of aromatic hydroxyl groups is 1. The molecule has 0 saturated carbocycles. The number of hydrogen-bond donors (Lipinski definition) is 2. The van der Waals surface area contributed by atoms with E-state index in [1.807, 2.05) is 12.1 Å². The topological polar surface area (TPSA) is 120 Å². The van der Waals surface area contributed by atoms with Crippen molar-refractivity contribution in [3.63, 3.8) is 0 Å². The van der Waals surface area contributed by atoms with E-state index in [0.717, 1.165) is 18.7 Å². The summed E-state index contributed by atoms with van der Waals surface area (Å²) < 4.78 is 16.4. The number of nitrogens with zero attached hydrogens (tertiary/aromatic N) is 4. The molecule has 0 bridgehead atoms. The minimum Gasteiger partial charge on any atom is -0.860 e. The first-order chi connectivity index (χ1) is 23.1. The molecule has 3 aromatic carbocycles. The third-order valence-corrected chi connectivity index (χ3v) is 9.71. The lowest BCUT2D eigenvalue weighted by atomic mass is 9.85. The number of quaternary nitrogens is 1. The smallest absolute Gasteiger partial charge is 0.266 e. The van der Waals surface area contributed by atoms with Crippen molar-refractivity contribution < 1.29 is 24.6 Å². The first-order valence-corrected chi connectivity index (χ1v) is 16.2. The van der Waals surface area contributed by atoms with Gasteiger partial charge in [-0.1, -0.05) is 42.5 Å². The fourth-order valence-corrected chi connectivity index (χ4v) is 6.80. The Hall–Kier alpha value is -4.82. The van der Waals surface area contributed by atoms with Gasteiger partial charge in [0.25, 0.3) is 11.1 Å². The Bertz CT molecular complexity index is 2100. The van der Waals surface area contributed by atoms with E-state index in [-0.39, 0.29) is 20.7 Å². The summed E-state index contributed by atoms with van der Waals surface area (Å²) in [7, 11) is 4.60. The molecule has 0 spiro atoms. The van der Waals surface area contributed by atoms with Crippen LogP contribution in [-0.2, 0) is 25.4 Å². The van der Waals surface area contributed by atoms with E-state index in [4.69, 9.17) is 33.9 Å². The van der Waals surface area contributed by atoms with Crippen molar-refractivity contribution in [2.24, 2.45) is 14.1 Å². The number of para-hydroxylation sites is 2. The summed E-state index contributed by atoms with van der Waals surface area (Å²) in [5, 5.41) is 26.0. The van der Waals surface area contributed by atoms with Crippen molar-refractivity contribution in [2.45, 2.75) is 12.5 Å². The van der Waals surface area contributed by atoms with Gasteiger partial charge in [-0.3, -0.25) is 23.3 Å². The summed E-state index contributed by atoms with van der Waals surface area (Å²) in [5.41, 5.74) is 0.350. The van der Waals surface area contributed by atoms with Crippen LogP contribution in [0.15, 0.2) is 88.5 Å². The fraction of sp³-hybridized carbons (Fsp3) is 0.257. The van der Waals surface area contributed by atoms with Gasteiger partial charge in [0.2, 0.25) is 5.88 Å². The standard InChI is InChI=1S/C35H35N5O6S2/c1-36-30(41)28(32(43)39(34(36)47)24-10-6-4-7-11-24)27(22-14-15-26(45-3)23(20-22)21-38-16-18-46-19-17-38)29-31(42)37(2)35(48)40(33(29)44)25-12-8-5-9-13-25/h4-15,20,27,41-42H,16-19,21H2,1-3H3. The normalized spacial score (nSPS) is 14.1. The average Bonchev–Trinajstić information content (AvgIpc) is 3.10. The highest BCUT2D eigenvalue weighted by atomic mass is 32.1. The molecule has 3 heterocycles. The Kier molecular flexibility index (Phi) is 9.47. The Morgan fingerprint density at radius 1 is 0.854 bits per heavy atom. The monoisotopic (exact) mass is 685 g/mol. The van der Waals surface area contributed by atoms with Crippen LogP contribution in [0.4, 0.5) is 0 Å². The molecule has 2 aromatic heterocycles. The van der Waals surface area contributed by atoms with E-state index in [1.54, 1.807) is 73.8 Å². The number of hydrogen-bond acceptors (Lipinski definition) is 8. The SMILES string of the molecule is COc1ccc(C(c2c([O-])n(C)c(=S)n(-c3ccccc3)c2=O)c2c(O)n(C)c(=S)n(-c3ccccc3)c2=O)cc1C[NH+]1CCOCC1. The molecule has 11 nitrogen and oxygen atoms in total. The van der Waals surface area contributed by atoms with E-state index in [2.05, 4.69) is 0 Å². The van der Waals surface area contributed by atoms with Gasteiger partial charge >= 0.3 is 0 Å². The third-order valence-electron chi connectivity index (χ3n) is 8.80. The number of rotatable bonds is 8. The Balaban J connectivity index is 1.71. The van der Waals surface area contributed by atoms with Crippen LogP contribution in [0, 0.1) is 9.54 Å². The molecular weight excluding hydrogens is 651 g/mol. The first-order valence-electron chi connectivity index (χ1n) is 15.4. The van der Waals surface area contributed by atoms with Gasteiger partial charge in [0, 0.05) is 25.2 Å². The summed E-state index contributed by atoms with van der Waals surface area (Å²) in [5.74, 6) is -1.86. The second-order valence-electron chi connectivity index (χ2n) is 11.6. The van der Waals surface area contributed by atoms with E-state index in [9.17, 15) is 19.8 Å². The molecule has 13 heteroatoms. The Morgan fingerprint density at radius 2 is 1.40 bits per heavy atom. The van der Waals surface area contributed by atoms with Crippen LogP contribution in [0.3, 0.4) is 0 Å². The van der Waals surface area contributed by atoms with Crippen molar-refractivity contribution in [1.29, 1.82) is 0 Å². The largest absolute Gasteiger partial charge is 0.860 e. The third kappa shape index (κ3) is 5.90. The Labute approximate surface area is 286 Å². The summed E-state index contributed by atoms with van der Waals surface area (Å²) >= 11 is 11.3. The highest BCUT2D eigenvalue weighted by molar-refractivity contribution is 7.71. The van der Waals surface area contributed by atoms with Crippen LogP contribution < -0.4 is 25.9 Å². The second-order valence-corrected chi connectivity index (χ2v) is 12.4. The minimum absolute atomic E-state index is 0.0117. The number of aromatic nitrogens is 4. The summed E-state index contributed by atoms with van der Waals surface area (Å²) in [4.78, 5) is 30.5. The van der Waals surface area contributed by atoms with E-state index in [0.29, 0.717) is 42.4 Å². The molecule has 0 amide bonds. The van der Waals surface area contributed by atoms with E-state index < -0.39 is 28.8 Å². The fourth-order valence-electron chi connectivity index (χ4n) is 6.25. The van der Waals surface area contributed by atoms with Crippen molar-refractivity contribution in [2.75, 3.05) is 33.4 Å². The van der Waals surface area contributed by atoms with Gasteiger partial charge in [0.05, 0.1) is 43.2 Å². The van der Waals surface area contributed by atoms with Gasteiger partial charge in [-0.25, -0.2) is 0 Å². The average molecular weight is 686 g/mol. The van der Waals surface area contributed by atoms with Gasteiger partial charge < -0.3 is 29.2 Å². The summed E-state index contributed by atoms with van der Waals surface area (Å²) in [6, 6.07) is 22.8. The van der Waals surface area contributed by atoms with Crippen molar-refractivity contribution >= 4 is 24.4 Å². The molecule has 2 N–H and O–H groups in total. The lowest BCUT2D eigenvalue weighted by molar-refractivity contribution is -0.921. The van der Waals surface area contributed by atoms with Crippen LogP contribution in [0.2, 0.25) is 0 Å². The maximum absolute atomic E-state index is 14.6. The molecule has 6 rings (SSSR count). The number of morpholine rings is 1. The zero-order chi connectivity index (χ0) is 34.1. The molecular formula is C35H35N5O6S2.